The van der Waals surface area contributed by atoms with Gasteiger partial charge in [-0.15, -0.1) is 0 Å². The van der Waals surface area contributed by atoms with Crippen LogP contribution in [0.5, 0.6) is 0 Å². The molecule has 0 spiro atoms. The fourth-order valence-corrected chi connectivity index (χ4v) is 2.43. The highest BCUT2D eigenvalue weighted by molar-refractivity contribution is 6.01. The molecule has 4 nitrogen and oxygen atoms in total. The van der Waals surface area contributed by atoms with Crippen LogP contribution in [-0.2, 0) is 4.74 Å². The first-order valence-electron chi connectivity index (χ1n) is 7.91. The number of para-hydroxylation sites is 1. The second kappa shape index (κ2) is 7.93. The molecule has 0 fully saturated rings. The van der Waals surface area contributed by atoms with E-state index in [0.717, 1.165) is 0 Å². The van der Waals surface area contributed by atoms with Crippen molar-refractivity contribution in [3.8, 4) is 0 Å². The van der Waals surface area contributed by atoms with Gasteiger partial charge in [-0.05, 0) is 12.1 Å². The highest BCUT2D eigenvalue weighted by Crippen LogP contribution is 2.23. The maximum absolute atomic E-state index is 12.8. The molecule has 25 heavy (non-hydrogen) atoms. The molecule has 0 aromatic heterocycles. The van der Waals surface area contributed by atoms with Gasteiger partial charge in [-0.1, -0.05) is 78.9 Å². The Hall–Kier alpha value is -3.40. The summed E-state index contributed by atoms with van der Waals surface area (Å²) >= 11 is 0. The zero-order valence-electron chi connectivity index (χ0n) is 13.5. The van der Waals surface area contributed by atoms with E-state index in [4.69, 9.17) is 4.74 Å². The van der Waals surface area contributed by atoms with Crippen molar-refractivity contribution < 1.29 is 14.3 Å². The summed E-state index contributed by atoms with van der Waals surface area (Å²) in [5.74, 6) is -0.269. The van der Waals surface area contributed by atoms with Gasteiger partial charge in [-0.2, -0.15) is 0 Å². The Balaban J connectivity index is 1.82. The molecule has 124 valence electrons. The standard InChI is InChI=1S/C21H17NO3/c23-19(16-10-4-1-5-11-16)20(17-12-6-2-7-13-17)25-21(24)22-18-14-8-3-9-15-18/h1-15,20H,(H,22,24)/t20-/m0/s1. The summed E-state index contributed by atoms with van der Waals surface area (Å²) in [5.41, 5.74) is 1.72. The van der Waals surface area contributed by atoms with Crippen molar-refractivity contribution >= 4 is 17.6 Å². The average Bonchev–Trinajstić information content (AvgIpc) is 2.68. The van der Waals surface area contributed by atoms with E-state index in [1.165, 1.54) is 0 Å². The molecular formula is C21H17NO3. The molecule has 0 bridgehead atoms. The number of anilines is 1. The van der Waals surface area contributed by atoms with Crippen molar-refractivity contribution in [1.82, 2.24) is 0 Å². The lowest BCUT2D eigenvalue weighted by molar-refractivity contribution is 0.0666. The highest BCUT2D eigenvalue weighted by atomic mass is 16.6. The summed E-state index contributed by atoms with van der Waals surface area (Å²) in [7, 11) is 0. The highest BCUT2D eigenvalue weighted by Gasteiger charge is 2.26. The maximum Gasteiger partial charge on any atom is 0.412 e. The number of rotatable bonds is 5. The molecule has 1 atom stereocenters. The Bertz CT molecular complexity index is 833. The monoisotopic (exact) mass is 331 g/mol. The number of hydrogen-bond acceptors (Lipinski definition) is 3. The predicted octanol–water partition coefficient (Wildman–Crippen LogP) is 4.86. The summed E-state index contributed by atoms with van der Waals surface area (Å²) in [5, 5.41) is 2.64. The molecule has 0 aliphatic carbocycles. The van der Waals surface area contributed by atoms with Crippen LogP contribution in [0.4, 0.5) is 10.5 Å². The molecule has 0 saturated carbocycles. The van der Waals surface area contributed by atoms with Gasteiger partial charge in [0.05, 0.1) is 0 Å². The molecule has 4 heteroatoms. The van der Waals surface area contributed by atoms with Crippen LogP contribution in [0, 0.1) is 0 Å². The van der Waals surface area contributed by atoms with Crippen LogP contribution in [0.1, 0.15) is 22.0 Å². The van der Waals surface area contributed by atoms with Gasteiger partial charge in [-0.25, -0.2) is 4.79 Å². The number of ether oxygens (including phenoxy) is 1. The van der Waals surface area contributed by atoms with Crippen LogP contribution >= 0.6 is 0 Å². The minimum Gasteiger partial charge on any atom is -0.433 e. The minimum absolute atomic E-state index is 0.269. The lowest BCUT2D eigenvalue weighted by Gasteiger charge is -2.18. The van der Waals surface area contributed by atoms with Gasteiger partial charge in [0.2, 0.25) is 5.78 Å². The third-order valence-corrected chi connectivity index (χ3v) is 3.64. The molecule has 1 N–H and O–H groups in total. The Labute approximate surface area is 146 Å². The van der Waals surface area contributed by atoms with E-state index in [0.29, 0.717) is 16.8 Å². The first-order valence-corrected chi connectivity index (χ1v) is 7.91. The number of carbonyl (C=O) groups excluding carboxylic acids is 2. The minimum atomic E-state index is -1.01. The average molecular weight is 331 g/mol. The van der Waals surface area contributed by atoms with Crippen molar-refractivity contribution in [1.29, 1.82) is 0 Å². The normalized spacial score (nSPS) is 11.4. The lowest BCUT2D eigenvalue weighted by atomic mass is 10.00. The molecule has 3 aromatic carbocycles. The molecular weight excluding hydrogens is 314 g/mol. The van der Waals surface area contributed by atoms with Gasteiger partial charge >= 0.3 is 6.09 Å². The third-order valence-electron chi connectivity index (χ3n) is 3.64. The maximum atomic E-state index is 12.8. The fourth-order valence-electron chi connectivity index (χ4n) is 2.43. The summed E-state index contributed by atoms with van der Waals surface area (Å²) < 4.78 is 5.46. The Morgan fingerprint density at radius 2 is 1.24 bits per heavy atom. The third kappa shape index (κ3) is 4.32. The zero-order chi connectivity index (χ0) is 17.5. The second-order valence-electron chi connectivity index (χ2n) is 5.42. The summed E-state index contributed by atoms with van der Waals surface area (Å²) in [6, 6.07) is 26.7. The van der Waals surface area contributed by atoms with Crippen LogP contribution in [0.3, 0.4) is 0 Å². The topological polar surface area (TPSA) is 55.4 Å². The number of nitrogens with one attached hydrogen (secondary N) is 1. The predicted molar refractivity (Wildman–Crippen MR) is 96.5 cm³/mol. The van der Waals surface area contributed by atoms with Gasteiger partial charge in [0.25, 0.3) is 0 Å². The quantitative estimate of drug-likeness (QED) is 0.679. The molecule has 0 radical (unpaired) electrons. The zero-order valence-corrected chi connectivity index (χ0v) is 13.5. The van der Waals surface area contributed by atoms with Gasteiger partial charge in [0.1, 0.15) is 0 Å². The first-order chi connectivity index (χ1) is 12.2. The van der Waals surface area contributed by atoms with Gasteiger partial charge in [0.15, 0.2) is 6.10 Å². The molecule has 0 heterocycles. The van der Waals surface area contributed by atoms with Crippen LogP contribution in [0.15, 0.2) is 91.0 Å². The van der Waals surface area contributed by atoms with E-state index in [1.807, 2.05) is 18.2 Å². The fraction of sp³-hybridized carbons (Fsp3) is 0.0476. The smallest absolute Gasteiger partial charge is 0.412 e. The lowest BCUT2D eigenvalue weighted by Crippen LogP contribution is -2.23. The second-order valence-corrected chi connectivity index (χ2v) is 5.42. The van der Waals surface area contributed by atoms with E-state index in [-0.39, 0.29) is 5.78 Å². The number of benzene rings is 3. The largest absolute Gasteiger partial charge is 0.433 e. The van der Waals surface area contributed by atoms with Crippen molar-refractivity contribution in [3.63, 3.8) is 0 Å². The van der Waals surface area contributed by atoms with E-state index < -0.39 is 12.2 Å². The van der Waals surface area contributed by atoms with E-state index in [1.54, 1.807) is 72.8 Å². The Morgan fingerprint density at radius 3 is 1.84 bits per heavy atom. The number of Topliss-reactive ketones (excluding diaryl/α,β-unsaturated/α-hetero) is 1. The summed E-state index contributed by atoms with van der Waals surface area (Å²) in [6.45, 7) is 0. The molecule has 3 aromatic rings. The van der Waals surface area contributed by atoms with Gasteiger partial charge in [-0.3, -0.25) is 10.1 Å². The summed E-state index contributed by atoms with van der Waals surface area (Å²) in [6.07, 6.45) is -1.68. The SMILES string of the molecule is O=C(Nc1ccccc1)O[C@H](C(=O)c1ccccc1)c1ccccc1. The number of carbonyl (C=O) groups is 2. The Kier molecular flexibility index (Phi) is 5.22. The van der Waals surface area contributed by atoms with E-state index >= 15 is 0 Å². The van der Waals surface area contributed by atoms with Gasteiger partial charge in [0, 0.05) is 16.8 Å². The van der Waals surface area contributed by atoms with Crippen LogP contribution in [0.25, 0.3) is 0 Å². The van der Waals surface area contributed by atoms with Crippen LogP contribution in [-0.4, -0.2) is 11.9 Å². The van der Waals surface area contributed by atoms with Crippen molar-refractivity contribution in [2.45, 2.75) is 6.10 Å². The molecule has 0 saturated heterocycles. The molecule has 0 aliphatic rings. The van der Waals surface area contributed by atoms with Crippen molar-refractivity contribution in [2.24, 2.45) is 0 Å². The molecule has 1 amide bonds. The Morgan fingerprint density at radius 1 is 0.720 bits per heavy atom. The number of ketones is 1. The van der Waals surface area contributed by atoms with Crippen LogP contribution < -0.4 is 5.32 Å². The number of amides is 1. The molecule has 0 aliphatic heterocycles. The van der Waals surface area contributed by atoms with E-state index in [9.17, 15) is 9.59 Å². The van der Waals surface area contributed by atoms with Crippen molar-refractivity contribution in [2.75, 3.05) is 5.32 Å². The molecule has 0 unspecified atom stereocenters. The van der Waals surface area contributed by atoms with E-state index in [2.05, 4.69) is 5.32 Å². The molecule has 3 rings (SSSR count). The van der Waals surface area contributed by atoms with Crippen molar-refractivity contribution in [3.05, 3.63) is 102 Å². The van der Waals surface area contributed by atoms with Crippen LogP contribution in [0.2, 0.25) is 0 Å². The first kappa shape index (κ1) is 16.5. The number of hydrogen-bond donors (Lipinski definition) is 1. The summed E-state index contributed by atoms with van der Waals surface area (Å²) in [4.78, 5) is 25.1. The van der Waals surface area contributed by atoms with Gasteiger partial charge < -0.3 is 4.74 Å².